The first-order valence-corrected chi connectivity index (χ1v) is 6.23. The number of hydrogen-bond acceptors (Lipinski definition) is 4. The van der Waals surface area contributed by atoms with E-state index in [0.717, 1.165) is 6.07 Å². The lowest BCUT2D eigenvalue weighted by Gasteiger charge is -2.03. The Morgan fingerprint density at radius 1 is 1.56 bits per heavy atom. The molecule has 0 aliphatic heterocycles. The van der Waals surface area contributed by atoms with Crippen LogP contribution in [0.3, 0.4) is 0 Å². The molecule has 0 spiro atoms. The Bertz CT molecular complexity index is 475. The van der Waals surface area contributed by atoms with Gasteiger partial charge in [-0.05, 0) is 28.7 Å². The molecule has 0 unspecified atom stereocenters. The van der Waals surface area contributed by atoms with Crippen molar-refractivity contribution < 1.29 is 14.5 Å². The van der Waals surface area contributed by atoms with Gasteiger partial charge >= 0.3 is 0 Å². The van der Waals surface area contributed by atoms with Crippen molar-refractivity contribution in [2.75, 3.05) is 5.33 Å². The van der Waals surface area contributed by atoms with Gasteiger partial charge in [-0.1, -0.05) is 15.9 Å². The SMILES string of the molecule is O=Cc1cc(I)c([N+](=O)[O-])cc1C(=O)CBr. The predicted molar refractivity (Wildman–Crippen MR) is 69.3 cm³/mol. The van der Waals surface area contributed by atoms with Crippen LogP contribution in [0.5, 0.6) is 0 Å². The quantitative estimate of drug-likeness (QED) is 0.195. The molecule has 0 bridgehead atoms. The van der Waals surface area contributed by atoms with Gasteiger partial charge in [0.15, 0.2) is 12.1 Å². The Morgan fingerprint density at radius 3 is 2.62 bits per heavy atom. The Hall–Kier alpha value is -0.830. The van der Waals surface area contributed by atoms with E-state index in [-0.39, 0.29) is 27.9 Å². The van der Waals surface area contributed by atoms with Crippen molar-refractivity contribution in [3.63, 3.8) is 0 Å². The third kappa shape index (κ3) is 2.64. The number of alkyl halides is 1. The van der Waals surface area contributed by atoms with Crippen molar-refractivity contribution in [2.45, 2.75) is 0 Å². The molecule has 1 aromatic rings. The molecule has 0 saturated carbocycles. The molecule has 0 atom stereocenters. The zero-order chi connectivity index (χ0) is 12.3. The van der Waals surface area contributed by atoms with Crippen molar-refractivity contribution in [1.29, 1.82) is 0 Å². The third-order valence-electron chi connectivity index (χ3n) is 1.86. The monoisotopic (exact) mass is 397 g/mol. The highest BCUT2D eigenvalue weighted by Gasteiger charge is 2.19. The number of rotatable bonds is 4. The highest BCUT2D eigenvalue weighted by molar-refractivity contribution is 14.1. The molecule has 0 amide bonds. The summed E-state index contributed by atoms with van der Waals surface area (Å²) in [6.07, 6.45) is 0.516. The van der Waals surface area contributed by atoms with E-state index < -0.39 is 4.92 Å². The largest absolute Gasteiger partial charge is 0.298 e. The second-order valence-electron chi connectivity index (χ2n) is 2.82. The minimum Gasteiger partial charge on any atom is -0.298 e. The molecule has 0 aromatic heterocycles. The topological polar surface area (TPSA) is 77.3 Å². The first kappa shape index (κ1) is 13.2. The van der Waals surface area contributed by atoms with Crippen molar-refractivity contribution in [3.05, 3.63) is 36.9 Å². The Morgan fingerprint density at radius 2 is 2.19 bits per heavy atom. The maximum Gasteiger partial charge on any atom is 0.283 e. The number of nitrogens with zero attached hydrogens (tertiary/aromatic N) is 1. The summed E-state index contributed by atoms with van der Waals surface area (Å²) in [6, 6.07) is 2.47. The van der Waals surface area contributed by atoms with Crippen LogP contribution in [-0.4, -0.2) is 22.3 Å². The molecule has 0 fully saturated rings. The number of aldehydes is 1. The van der Waals surface area contributed by atoms with E-state index in [1.807, 2.05) is 0 Å². The summed E-state index contributed by atoms with van der Waals surface area (Å²) in [4.78, 5) is 32.3. The van der Waals surface area contributed by atoms with Gasteiger partial charge in [-0.15, -0.1) is 0 Å². The second kappa shape index (κ2) is 5.48. The summed E-state index contributed by atoms with van der Waals surface area (Å²) in [5.41, 5.74) is 0.0638. The fraction of sp³-hybridized carbons (Fsp3) is 0.111. The van der Waals surface area contributed by atoms with Crippen LogP contribution in [0.15, 0.2) is 12.1 Å². The van der Waals surface area contributed by atoms with Crippen LogP contribution in [0.2, 0.25) is 0 Å². The number of halogens is 2. The Balaban J connectivity index is 3.46. The Labute approximate surface area is 113 Å². The summed E-state index contributed by atoms with van der Waals surface area (Å²) in [7, 11) is 0. The van der Waals surface area contributed by atoms with E-state index in [1.165, 1.54) is 6.07 Å². The number of nitro groups is 1. The van der Waals surface area contributed by atoms with Crippen molar-refractivity contribution in [2.24, 2.45) is 0 Å². The van der Waals surface area contributed by atoms with Gasteiger partial charge < -0.3 is 0 Å². The standard InChI is InChI=1S/C9H5BrINO4/c10-3-9(14)6-2-8(12(15)16)7(11)1-5(6)4-13/h1-2,4H,3H2. The first-order chi connectivity index (χ1) is 7.51. The maximum atomic E-state index is 11.4. The van der Waals surface area contributed by atoms with Crippen molar-refractivity contribution in [3.8, 4) is 0 Å². The van der Waals surface area contributed by atoms with Gasteiger partial charge in [-0.3, -0.25) is 19.7 Å². The molecule has 84 valence electrons. The zero-order valence-electron chi connectivity index (χ0n) is 7.78. The molecule has 1 rings (SSSR count). The first-order valence-electron chi connectivity index (χ1n) is 4.03. The molecule has 1 aromatic carbocycles. The summed E-state index contributed by atoms with van der Waals surface area (Å²) in [5.74, 6) is -0.360. The molecular formula is C9H5BrINO4. The van der Waals surface area contributed by atoms with E-state index in [1.54, 1.807) is 22.6 Å². The number of hydrogen-bond donors (Lipinski definition) is 0. The van der Waals surface area contributed by atoms with Gasteiger partial charge in [0.05, 0.1) is 13.8 Å². The summed E-state index contributed by atoms with van der Waals surface area (Å²) < 4.78 is 0.329. The molecule has 7 heteroatoms. The predicted octanol–water partition coefficient (Wildman–Crippen LogP) is 2.59. The smallest absolute Gasteiger partial charge is 0.283 e. The molecule has 0 radical (unpaired) electrons. The molecule has 0 heterocycles. The lowest BCUT2D eigenvalue weighted by molar-refractivity contribution is -0.385. The van der Waals surface area contributed by atoms with Crippen LogP contribution in [0.25, 0.3) is 0 Å². The highest BCUT2D eigenvalue weighted by atomic mass is 127. The van der Waals surface area contributed by atoms with Gasteiger partial charge in [0.25, 0.3) is 5.69 Å². The number of carbonyl (C=O) groups is 2. The zero-order valence-corrected chi connectivity index (χ0v) is 11.5. The van der Waals surface area contributed by atoms with Crippen LogP contribution >= 0.6 is 38.5 Å². The lowest BCUT2D eigenvalue weighted by Crippen LogP contribution is -2.06. The minimum absolute atomic E-state index is 0.0194. The van der Waals surface area contributed by atoms with E-state index in [0.29, 0.717) is 9.86 Å². The van der Waals surface area contributed by atoms with Crippen LogP contribution in [-0.2, 0) is 0 Å². The molecule has 0 aliphatic rings. The van der Waals surface area contributed by atoms with Crippen LogP contribution in [0, 0.1) is 13.7 Å². The number of benzene rings is 1. The number of carbonyl (C=O) groups excluding carboxylic acids is 2. The second-order valence-corrected chi connectivity index (χ2v) is 4.55. The average molecular weight is 398 g/mol. The van der Waals surface area contributed by atoms with Gasteiger partial charge in [0.1, 0.15) is 0 Å². The van der Waals surface area contributed by atoms with E-state index in [4.69, 9.17) is 0 Å². The fourth-order valence-electron chi connectivity index (χ4n) is 1.13. The van der Waals surface area contributed by atoms with Crippen molar-refractivity contribution >= 4 is 56.3 Å². The third-order valence-corrected chi connectivity index (χ3v) is 3.24. The fourth-order valence-corrected chi connectivity index (χ4v) is 2.12. The van der Waals surface area contributed by atoms with E-state index in [2.05, 4.69) is 15.9 Å². The maximum absolute atomic E-state index is 11.4. The van der Waals surface area contributed by atoms with Gasteiger partial charge in [0.2, 0.25) is 0 Å². The summed E-state index contributed by atoms with van der Waals surface area (Å²) >= 11 is 4.71. The number of nitro benzene ring substituents is 1. The van der Waals surface area contributed by atoms with Crippen LogP contribution in [0.4, 0.5) is 5.69 Å². The molecular weight excluding hydrogens is 393 g/mol. The van der Waals surface area contributed by atoms with Crippen LogP contribution < -0.4 is 0 Å². The molecule has 0 saturated heterocycles. The van der Waals surface area contributed by atoms with Crippen molar-refractivity contribution in [1.82, 2.24) is 0 Å². The molecule has 0 aliphatic carbocycles. The van der Waals surface area contributed by atoms with Gasteiger partial charge in [-0.2, -0.15) is 0 Å². The van der Waals surface area contributed by atoms with E-state index >= 15 is 0 Å². The minimum atomic E-state index is -0.582. The van der Waals surface area contributed by atoms with Gasteiger partial charge in [0, 0.05) is 17.2 Å². The molecule has 0 N–H and O–H groups in total. The molecule has 16 heavy (non-hydrogen) atoms. The number of ketones is 1. The highest BCUT2D eigenvalue weighted by Crippen LogP contribution is 2.25. The Kier molecular flexibility index (Phi) is 4.54. The van der Waals surface area contributed by atoms with Gasteiger partial charge in [-0.25, -0.2) is 0 Å². The normalized spacial score (nSPS) is 9.88. The summed E-state index contributed by atoms with van der Waals surface area (Å²) in [6.45, 7) is 0. The summed E-state index contributed by atoms with van der Waals surface area (Å²) in [5, 5.41) is 10.7. The number of Topliss-reactive ketones (excluding diaryl/α,β-unsaturated/α-hetero) is 1. The average Bonchev–Trinajstić information content (AvgIpc) is 2.27. The molecule has 5 nitrogen and oxygen atoms in total. The van der Waals surface area contributed by atoms with E-state index in [9.17, 15) is 19.7 Å². The van der Waals surface area contributed by atoms with Crippen LogP contribution in [0.1, 0.15) is 20.7 Å². The lowest BCUT2D eigenvalue weighted by atomic mass is 10.0.